The van der Waals surface area contributed by atoms with Crippen molar-refractivity contribution in [2.75, 3.05) is 0 Å². The average molecular weight is 409 g/mol. The number of ketones is 1. The highest BCUT2D eigenvalue weighted by Crippen LogP contribution is 2.44. The standard InChI is InChI=1S/C21H22F3NO4/c1-20(2,3)10-15(26)14-8-9-16(17(18(14)27)21(22,23)24)29-11-12-4-6-13(7-5-12)19(25)28/h4-9,27H,10-11H2,1-3H3,(H2,25,28). The molecule has 2 aromatic carbocycles. The lowest BCUT2D eigenvalue weighted by Crippen LogP contribution is -2.16. The van der Waals surface area contributed by atoms with Crippen LogP contribution in [0.4, 0.5) is 13.2 Å². The molecule has 0 unspecified atom stereocenters. The van der Waals surface area contributed by atoms with E-state index in [0.717, 1.165) is 12.1 Å². The molecule has 0 heterocycles. The molecule has 8 heteroatoms. The average Bonchev–Trinajstić information content (AvgIpc) is 2.57. The van der Waals surface area contributed by atoms with Gasteiger partial charge in [-0.3, -0.25) is 9.59 Å². The lowest BCUT2D eigenvalue weighted by atomic mass is 9.87. The summed E-state index contributed by atoms with van der Waals surface area (Å²) in [6, 6.07) is 8.00. The SMILES string of the molecule is CC(C)(C)CC(=O)c1ccc(OCc2ccc(C(N)=O)cc2)c(C(F)(F)F)c1O. The lowest BCUT2D eigenvalue weighted by molar-refractivity contribution is -0.140. The number of aromatic hydroxyl groups is 1. The summed E-state index contributed by atoms with van der Waals surface area (Å²) in [5.74, 6) is -2.96. The second-order valence-corrected chi connectivity index (χ2v) is 7.84. The third-order valence-electron chi connectivity index (χ3n) is 4.05. The molecule has 29 heavy (non-hydrogen) atoms. The predicted molar refractivity (Wildman–Crippen MR) is 101 cm³/mol. The number of nitrogens with two attached hydrogens (primary N) is 1. The van der Waals surface area contributed by atoms with Crippen molar-refractivity contribution in [2.45, 2.75) is 40.0 Å². The van der Waals surface area contributed by atoms with Gasteiger partial charge in [0.25, 0.3) is 0 Å². The summed E-state index contributed by atoms with van der Waals surface area (Å²) in [4.78, 5) is 23.4. The van der Waals surface area contributed by atoms with E-state index in [2.05, 4.69) is 0 Å². The number of Topliss-reactive ketones (excluding diaryl/α,β-unsaturated/α-hetero) is 1. The first kappa shape index (κ1) is 22.3. The van der Waals surface area contributed by atoms with Gasteiger partial charge in [-0.2, -0.15) is 13.2 Å². The summed E-state index contributed by atoms with van der Waals surface area (Å²) in [5, 5.41) is 10.2. The highest BCUT2D eigenvalue weighted by molar-refractivity contribution is 5.99. The maximum absolute atomic E-state index is 13.6. The van der Waals surface area contributed by atoms with Crippen LogP contribution in [0.3, 0.4) is 0 Å². The van der Waals surface area contributed by atoms with Crippen LogP contribution in [0, 0.1) is 5.41 Å². The molecule has 0 fully saturated rings. The van der Waals surface area contributed by atoms with Crippen molar-refractivity contribution in [2.24, 2.45) is 11.1 Å². The van der Waals surface area contributed by atoms with Gasteiger partial charge in [-0.1, -0.05) is 32.9 Å². The Morgan fingerprint density at radius 2 is 1.62 bits per heavy atom. The number of benzene rings is 2. The van der Waals surface area contributed by atoms with E-state index in [9.17, 15) is 27.9 Å². The molecule has 0 radical (unpaired) electrons. The number of rotatable bonds is 6. The number of hydrogen-bond acceptors (Lipinski definition) is 4. The number of carbonyl (C=O) groups excluding carboxylic acids is 2. The molecule has 1 amide bonds. The number of phenols is 1. The normalized spacial score (nSPS) is 11.9. The first-order valence-electron chi connectivity index (χ1n) is 8.77. The van der Waals surface area contributed by atoms with Crippen molar-refractivity contribution in [3.63, 3.8) is 0 Å². The zero-order valence-corrected chi connectivity index (χ0v) is 16.3. The minimum Gasteiger partial charge on any atom is -0.506 e. The first-order valence-corrected chi connectivity index (χ1v) is 8.77. The van der Waals surface area contributed by atoms with Gasteiger partial charge in [-0.05, 0) is 35.2 Å². The van der Waals surface area contributed by atoms with Crippen LogP contribution in [-0.4, -0.2) is 16.8 Å². The number of hydrogen-bond donors (Lipinski definition) is 2. The summed E-state index contributed by atoms with van der Waals surface area (Å²) >= 11 is 0. The molecule has 0 saturated heterocycles. The first-order chi connectivity index (χ1) is 13.3. The number of alkyl halides is 3. The van der Waals surface area contributed by atoms with Gasteiger partial charge in [0.15, 0.2) is 5.78 Å². The number of halogens is 3. The van der Waals surface area contributed by atoms with Crippen LogP contribution < -0.4 is 10.5 Å². The highest BCUT2D eigenvalue weighted by atomic mass is 19.4. The van der Waals surface area contributed by atoms with E-state index in [1.807, 2.05) is 0 Å². The van der Waals surface area contributed by atoms with Crippen molar-refractivity contribution in [1.82, 2.24) is 0 Å². The third kappa shape index (κ3) is 5.73. The molecule has 3 N–H and O–H groups in total. The summed E-state index contributed by atoms with van der Waals surface area (Å²) in [6.45, 7) is 5.08. The number of amides is 1. The van der Waals surface area contributed by atoms with Gasteiger partial charge < -0.3 is 15.6 Å². The molecule has 0 spiro atoms. The zero-order valence-electron chi connectivity index (χ0n) is 16.3. The van der Waals surface area contributed by atoms with Crippen LogP contribution in [0.1, 0.15) is 59.0 Å². The largest absolute Gasteiger partial charge is 0.506 e. The van der Waals surface area contributed by atoms with Crippen molar-refractivity contribution >= 4 is 11.7 Å². The Balaban J connectivity index is 2.33. The summed E-state index contributed by atoms with van der Waals surface area (Å²) in [5.41, 5.74) is 3.64. The van der Waals surface area contributed by atoms with E-state index in [-0.39, 0.29) is 18.6 Å². The van der Waals surface area contributed by atoms with E-state index < -0.39 is 45.9 Å². The molecule has 0 aliphatic rings. The Hall–Kier alpha value is -3.03. The van der Waals surface area contributed by atoms with Crippen LogP contribution >= 0.6 is 0 Å². The van der Waals surface area contributed by atoms with Crippen LogP contribution in [-0.2, 0) is 12.8 Å². The quantitative estimate of drug-likeness (QED) is 0.677. The molecule has 0 aromatic heterocycles. The van der Waals surface area contributed by atoms with Crippen molar-refractivity contribution in [3.8, 4) is 11.5 Å². The minimum absolute atomic E-state index is 0.0235. The molecule has 2 aromatic rings. The molecule has 0 saturated carbocycles. The topological polar surface area (TPSA) is 89.6 Å². The molecular formula is C21H22F3NO4. The molecule has 0 aliphatic heterocycles. The Morgan fingerprint density at radius 1 is 1.03 bits per heavy atom. The van der Waals surface area contributed by atoms with Gasteiger partial charge >= 0.3 is 6.18 Å². The van der Waals surface area contributed by atoms with Crippen LogP contribution in [0.2, 0.25) is 0 Å². The number of phenolic OH excluding ortho intramolecular Hbond substituents is 1. The molecule has 5 nitrogen and oxygen atoms in total. The minimum atomic E-state index is -4.92. The lowest BCUT2D eigenvalue weighted by Gasteiger charge is -2.20. The number of ether oxygens (including phenoxy) is 1. The zero-order chi connectivity index (χ0) is 22.0. The fourth-order valence-electron chi connectivity index (χ4n) is 2.70. The Bertz CT molecular complexity index is 913. The fourth-order valence-corrected chi connectivity index (χ4v) is 2.70. The van der Waals surface area contributed by atoms with Crippen molar-refractivity contribution in [1.29, 1.82) is 0 Å². The second-order valence-electron chi connectivity index (χ2n) is 7.84. The summed E-state index contributed by atoms with van der Waals surface area (Å²) < 4.78 is 45.9. The monoisotopic (exact) mass is 409 g/mol. The predicted octanol–water partition coefficient (Wildman–Crippen LogP) is 4.71. The van der Waals surface area contributed by atoms with Crippen molar-refractivity contribution in [3.05, 3.63) is 58.7 Å². The van der Waals surface area contributed by atoms with Crippen LogP contribution in [0.15, 0.2) is 36.4 Å². The van der Waals surface area contributed by atoms with Crippen molar-refractivity contribution < 1.29 is 32.6 Å². The maximum atomic E-state index is 13.6. The van der Waals surface area contributed by atoms with Gasteiger partial charge in [0.05, 0.1) is 5.56 Å². The second kappa shape index (κ2) is 8.14. The van der Waals surface area contributed by atoms with E-state index in [0.29, 0.717) is 5.56 Å². The highest BCUT2D eigenvalue weighted by Gasteiger charge is 2.40. The summed E-state index contributed by atoms with van der Waals surface area (Å²) in [7, 11) is 0. The van der Waals surface area contributed by atoms with Gasteiger partial charge in [0, 0.05) is 12.0 Å². The Morgan fingerprint density at radius 3 is 2.10 bits per heavy atom. The van der Waals surface area contributed by atoms with Crippen LogP contribution in [0.25, 0.3) is 0 Å². The molecule has 2 rings (SSSR count). The van der Waals surface area contributed by atoms with Gasteiger partial charge in [0.1, 0.15) is 23.7 Å². The number of carbonyl (C=O) groups is 2. The van der Waals surface area contributed by atoms with E-state index in [4.69, 9.17) is 10.5 Å². The van der Waals surface area contributed by atoms with Gasteiger partial charge in [-0.25, -0.2) is 0 Å². The molecule has 0 bridgehead atoms. The number of primary amides is 1. The summed E-state index contributed by atoms with van der Waals surface area (Å²) in [6.07, 6.45) is -4.95. The molecule has 156 valence electrons. The maximum Gasteiger partial charge on any atom is 0.423 e. The van der Waals surface area contributed by atoms with E-state index >= 15 is 0 Å². The molecule has 0 atom stereocenters. The van der Waals surface area contributed by atoms with Crippen LogP contribution in [0.5, 0.6) is 11.5 Å². The Kier molecular flexibility index (Phi) is 6.25. The Labute approximate surface area is 166 Å². The molecular weight excluding hydrogens is 387 g/mol. The van der Waals surface area contributed by atoms with Gasteiger partial charge in [-0.15, -0.1) is 0 Å². The van der Waals surface area contributed by atoms with E-state index in [1.54, 1.807) is 20.8 Å². The fraction of sp³-hybridized carbons (Fsp3) is 0.333. The molecule has 0 aliphatic carbocycles. The van der Waals surface area contributed by atoms with Gasteiger partial charge in [0.2, 0.25) is 5.91 Å². The smallest absolute Gasteiger partial charge is 0.423 e. The third-order valence-corrected chi connectivity index (χ3v) is 4.05. The van der Waals surface area contributed by atoms with E-state index in [1.165, 1.54) is 24.3 Å².